The fourth-order valence-corrected chi connectivity index (χ4v) is 6.68. The summed E-state index contributed by atoms with van der Waals surface area (Å²) in [6.07, 6.45) is 6.04. The van der Waals surface area contributed by atoms with Crippen LogP contribution in [-0.4, -0.2) is 38.7 Å². The third kappa shape index (κ3) is 4.13. The zero-order valence-electron chi connectivity index (χ0n) is 17.0. The number of amides is 1. The summed E-state index contributed by atoms with van der Waals surface area (Å²) in [5.41, 5.74) is 0.871. The first-order valence-corrected chi connectivity index (χ1v) is 13.0. The number of thioether (sulfide) groups is 1. The summed E-state index contributed by atoms with van der Waals surface area (Å²) in [6, 6.07) is 4.34. The van der Waals surface area contributed by atoms with Crippen LogP contribution in [0.1, 0.15) is 32.6 Å². The third-order valence-electron chi connectivity index (χ3n) is 5.50. The number of likely N-dealkylation sites (tertiary alicyclic amines) is 1. The molecule has 4 heterocycles. The van der Waals surface area contributed by atoms with Crippen molar-refractivity contribution < 1.29 is 4.79 Å². The number of allylic oxidation sites excluding steroid dienone is 1. The highest BCUT2D eigenvalue weighted by atomic mass is 32.2. The van der Waals surface area contributed by atoms with Gasteiger partial charge in [-0.2, -0.15) is 0 Å². The van der Waals surface area contributed by atoms with Crippen molar-refractivity contribution in [1.29, 1.82) is 0 Å². The Kier molecular flexibility index (Phi) is 6.75. The van der Waals surface area contributed by atoms with Gasteiger partial charge in [0, 0.05) is 35.0 Å². The largest absolute Gasteiger partial charge is 0.339 e. The van der Waals surface area contributed by atoms with Gasteiger partial charge in [0.25, 0.3) is 5.56 Å². The molecule has 1 unspecified atom stereocenters. The van der Waals surface area contributed by atoms with Crippen LogP contribution < -0.4 is 5.56 Å². The van der Waals surface area contributed by atoms with Gasteiger partial charge in [-0.05, 0) is 37.1 Å². The number of aromatic nitrogens is 2. The lowest BCUT2D eigenvalue weighted by atomic mass is 10.0. The number of piperidine rings is 1. The van der Waals surface area contributed by atoms with Crippen molar-refractivity contribution in [3.63, 3.8) is 0 Å². The van der Waals surface area contributed by atoms with E-state index in [0.29, 0.717) is 28.9 Å². The van der Waals surface area contributed by atoms with E-state index in [2.05, 4.69) is 13.5 Å². The van der Waals surface area contributed by atoms with Gasteiger partial charge in [-0.3, -0.25) is 14.2 Å². The van der Waals surface area contributed by atoms with Crippen LogP contribution >= 0.6 is 34.4 Å². The number of nitrogens with zero attached hydrogens (tertiary/aromatic N) is 3. The first kappa shape index (κ1) is 21.3. The molecule has 1 aliphatic rings. The van der Waals surface area contributed by atoms with Crippen LogP contribution in [0.15, 0.2) is 45.5 Å². The smallest absolute Gasteiger partial charge is 0.263 e. The van der Waals surface area contributed by atoms with Crippen LogP contribution in [0, 0.1) is 0 Å². The molecule has 0 N–H and O–H groups in total. The number of hydrogen-bond acceptors (Lipinski definition) is 6. The van der Waals surface area contributed by atoms with Crippen molar-refractivity contribution in [2.24, 2.45) is 0 Å². The normalized spacial score (nSPS) is 16.8. The zero-order valence-corrected chi connectivity index (χ0v) is 19.5. The van der Waals surface area contributed by atoms with Gasteiger partial charge in [-0.1, -0.05) is 30.8 Å². The number of rotatable bonds is 7. The van der Waals surface area contributed by atoms with Gasteiger partial charge in [0.1, 0.15) is 4.83 Å². The Morgan fingerprint density at radius 1 is 1.40 bits per heavy atom. The Labute approximate surface area is 188 Å². The van der Waals surface area contributed by atoms with Crippen molar-refractivity contribution in [2.75, 3.05) is 12.3 Å². The first-order chi connectivity index (χ1) is 14.6. The standard InChI is InChI=1S/C22H25N3O2S3/c1-3-10-25-21(27)19-16(17-9-7-12-28-17)13-29-20(19)23-22(25)30-14-18(26)24-11-6-5-8-15(24)4-2/h3,7,9,12-13,15H,1,4-6,8,10-11,14H2,2H3. The van der Waals surface area contributed by atoms with E-state index < -0.39 is 0 Å². The molecule has 0 aliphatic carbocycles. The molecule has 0 spiro atoms. The maximum absolute atomic E-state index is 13.3. The molecule has 4 rings (SSSR count). The molecule has 3 aromatic heterocycles. The highest BCUT2D eigenvalue weighted by Crippen LogP contribution is 2.34. The molecule has 3 aromatic rings. The monoisotopic (exact) mass is 459 g/mol. The molecule has 5 nitrogen and oxygen atoms in total. The van der Waals surface area contributed by atoms with E-state index >= 15 is 0 Å². The highest BCUT2D eigenvalue weighted by molar-refractivity contribution is 7.99. The Hall–Kier alpha value is -1.90. The van der Waals surface area contributed by atoms with Crippen LogP contribution in [0.4, 0.5) is 0 Å². The quantitative estimate of drug-likeness (QED) is 0.275. The molecule has 0 aromatic carbocycles. The summed E-state index contributed by atoms with van der Waals surface area (Å²) in [7, 11) is 0. The second kappa shape index (κ2) is 9.49. The topological polar surface area (TPSA) is 55.2 Å². The average molecular weight is 460 g/mol. The molecule has 0 saturated carbocycles. The molecule has 1 amide bonds. The second-order valence-corrected chi connectivity index (χ2v) is 10.1. The fourth-order valence-electron chi connectivity index (χ4n) is 3.98. The van der Waals surface area contributed by atoms with E-state index in [1.54, 1.807) is 22.0 Å². The molecule has 8 heteroatoms. The first-order valence-electron chi connectivity index (χ1n) is 10.2. The van der Waals surface area contributed by atoms with Gasteiger partial charge >= 0.3 is 0 Å². The molecule has 1 fully saturated rings. The van der Waals surface area contributed by atoms with Crippen molar-refractivity contribution >= 4 is 50.6 Å². The Morgan fingerprint density at radius 3 is 3.00 bits per heavy atom. The van der Waals surface area contributed by atoms with E-state index in [1.165, 1.54) is 29.5 Å². The molecular weight excluding hydrogens is 434 g/mol. The zero-order chi connectivity index (χ0) is 21.1. The fraction of sp³-hybridized carbons (Fsp3) is 0.409. The Balaban J connectivity index is 1.64. The lowest BCUT2D eigenvalue weighted by Gasteiger charge is -2.35. The average Bonchev–Trinajstić information content (AvgIpc) is 3.44. The van der Waals surface area contributed by atoms with E-state index in [9.17, 15) is 9.59 Å². The molecular formula is C22H25N3O2S3. The molecule has 30 heavy (non-hydrogen) atoms. The van der Waals surface area contributed by atoms with Gasteiger partial charge in [0.15, 0.2) is 5.16 Å². The van der Waals surface area contributed by atoms with Gasteiger partial charge in [0.05, 0.1) is 11.1 Å². The van der Waals surface area contributed by atoms with Crippen molar-refractivity contribution in [3.05, 3.63) is 45.9 Å². The van der Waals surface area contributed by atoms with Crippen molar-refractivity contribution in [2.45, 2.75) is 50.4 Å². The number of hydrogen-bond donors (Lipinski definition) is 0. The van der Waals surface area contributed by atoms with Gasteiger partial charge < -0.3 is 4.90 Å². The summed E-state index contributed by atoms with van der Waals surface area (Å²) >= 11 is 4.46. The number of fused-ring (bicyclic) bond motifs is 1. The van der Waals surface area contributed by atoms with Gasteiger partial charge in [0.2, 0.25) is 5.91 Å². The lowest BCUT2D eigenvalue weighted by Crippen LogP contribution is -2.44. The molecule has 1 aliphatic heterocycles. The van der Waals surface area contributed by atoms with Crippen LogP contribution in [0.5, 0.6) is 0 Å². The maximum Gasteiger partial charge on any atom is 0.263 e. The second-order valence-electron chi connectivity index (χ2n) is 7.34. The predicted octanol–water partition coefficient (Wildman–Crippen LogP) is 5.26. The van der Waals surface area contributed by atoms with Gasteiger partial charge in [-0.15, -0.1) is 29.3 Å². The van der Waals surface area contributed by atoms with E-state index in [-0.39, 0.29) is 11.5 Å². The third-order valence-corrected chi connectivity index (χ3v) is 8.24. The van der Waals surface area contributed by atoms with E-state index in [1.807, 2.05) is 27.8 Å². The number of thiophene rings is 2. The minimum Gasteiger partial charge on any atom is -0.339 e. The summed E-state index contributed by atoms with van der Waals surface area (Å²) < 4.78 is 1.64. The summed E-state index contributed by atoms with van der Waals surface area (Å²) in [5.74, 6) is 0.436. The van der Waals surface area contributed by atoms with Gasteiger partial charge in [-0.25, -0.2) is 4.98 Å². The van der Waals surface area contributed by atoms with Crippen LogP contribution in [-0.2, 0) is 11.3 Å². The Bertz CT molecular complexity index is 1100. The lowest BCUT2D eigenvalue weighted by molar-refractivity contribution is -0.132. The Morgan fingerprint density at radius 2 is 2.27 bits per heavy atom. The number of carbonyl (C=O) groups is 1. The minimum atomic E-state index is -0.0658. The molecule has 1 saturated heterocycles. The minimum absolute atomic E-state index is 0.0658. The summed E-state index contributed by atoms with van der Waals surface area (Å²) in [5, 5.41) is 5.25. The van der Waals surface area contributed by atoms with E-state index in [4.69, 9.17) is 4.98 Å². The summed E-state index contributed by atoms with van der Waals surface area (Å²) in [6.45, 7) is 7.15. The van der Waals surface area contributed by atoms with Crippen LogP contribution in [0.3, 0.4) is 0 Å². The molecule has 0 radical (unpaired) electrons. The number of carbonyl (C=O) groups excluding carboxylic acids is 1. The van der Waals surface area contributed by atoms with E-state index in [0.717, 1.165) is 41.1 Å². The van der Waals surface area contributed by atoms with Crippen molar-refractivity contribution in [1.82, 2.24) is 14.5 Å². The predicted molar refractivity (Wildman–Crippen MR) is 128 cm³/mol. The SMILES string of the molecule is C=CCn1c(SCC(=O)N2CCCCC2CC)nc2scc(-c3cccs3)c2c1=O. The maximum atomic E-state index is 13.3. The molecule has 158 valence electrons. The molecule has 1 atom stereocenters. The van der Waals surface area contributed by atoms with Crippen molar-refractivity contribution in [3.8, 4) is 10.4 Å². The molecule has 0 bridgehead atoms. The highest BCUT2D eigenvalue weighted by Gasteiger charge is 2.26. The van der Waals surface area contributed by atoms with Crippen LogP contribution in [0.2, 0.25) is 0 Å². The van der Waals surface area contributed by atoms with Crippen LogP contribution in [0.25, 0.3) is 20.7 Å². The summed E-state index contributed by atoms with van der Waals surface area (Å²) in [4.78, 5) is 34.8.